The number of carboxylic acids is 1. The normalized spacial score (nSPS) is 12.1. The van der Waals surface area contributed by atoms with E-state index in [9.17, 15) is 9.00 Å². The highest BCUT2D eigenvalue weighted by Gasteiger charge is 2.10. The first-order valence-corrected chi connectivity index (χ1v) is 7.50. The van der Waals surface area contributed by atoms with Crippen LogP contribution < -0.4 is 0 Å². The molecule has 0 saturated heterocycles. The number of aromatic carboxylic acids is 1. The van der Waals surface area contributed by atoms with Crippen LogP contribution in [0.2, 0.25) is 0 Å². The van der Waals surface area contributed by atoms with Crippen LogP contribution in [0.5, 0.6) is 0 Å². The second kappa shape index (κ2) is 6.08. The molecule has 1 N–H and O–H groups in total. The molecule has 6 heteroatoms. The number of rotatable bonds is 4. The highest BCUT2D eigenvalue weighted by Crippen LogP contribution is 2.21. The number of halogens is 1. The predicted molar refractivity (Wildman–Crippen MR) is 75.5 cm³/mol. The van der Waals surface area contributed by atoms with Crippen molar-refractivity contribution in [2.45, 2.75) is 10.6 Å². The first-order valence-electron chi connectivity index (χ1n) is 5.39. The molecule has 19 heavy (non-hydrogen) atoms. The molecule has 1 atom stereocenters. The van der Waals surface area contributed by atoms with Gasteiger partial charge in [0.15, 0.2) is 0 Å². The van der Waals surface area contributed by atoms with Gasteiger partial charge >= 0.3 is 5.97 Å². The van der Waals surface area contributed by atoms with Crippen molar-refractivity contribution in [2.24, 2.45) is 0 Å². The zero-order valence-electron chi connectivity index (χ0n) is 9.75. The van der Waals surface area contributed by atoms with E-state index in [-0.39, 0.29) is 11.3 Å². The van der Waals surface area contributed by atoms with Crippen molar-refractivity contribution in [3.8, 4) is 0 Å². The molecule has 2 rings (SSSR count). The first-order chi connectivity index (χ1) is 9.08. The second-order valence-corrected chi connectivity index (χ2v) is 6.04. The van der Waals surface area contributed by atoms with Crippen molar-refractivity contribution >= 4 is 32.7 Å². The van der Waals surface area contributed by atoms with Gasteiger partial charge in [-0.15, -0.1) is 0 Å². The fraction of sp³-hybridized carbons (Fsp3) is 0.0769. The topological polar surface area (TPSA) is 67.3 Å². The first kappa shape index (κ1) is 13.9. The molecule has 0 bridgehead atoms. The Morgan fingerprint density at radius 1 is 1.26 bits per heavy atom. The van der Waals surface area contributed by atoms with E-state index >= 15 is 0 Å². The van der Waals surface area contributed by atoms with Gasteiger partial charge < -0.3 is 5.11 Å². The number of hydrogen-bond donors (Lipinski definition) is 1. The molecule has 0 amide bonds. The standard InChI is InChI=1S/C13H10BrNO3S/c14-11-3-1-2-4-12(11)19(18)8-10-6-5-9(7-15-10)13(16)17/h1-7H,8H2,(H,16,17). The van der Waals surface area contributed by atoms with Gasteiger partial charge in [0.25, 0.3) is 0 Å². The van der Waals surface area contributed by atoms with Crippen LogP contribution in [0.3, 0.4) is 0 Å². The fourth-order valence-corrected chi connectivity index (χ4v) is 3.42. The molecule has 0 radical (unpaired) electrons. The summed E-state index contributed by atoms with van der Waals surface area (Å²) >= 11 is 3.35. The highest BCUT2D eigenvalue weighted by atomic mass is 79.9. The summed E-state index contributed by atoms with van der Waals surface area (Å²) < 4.78 is 13.0. The maximum absolute atomic E-state index is 12.2. The van der Waals surface area contributed by atoms with E-state index in [4.69, 9.17) is 5.11 Å². The molecule has 0 spiro atoms. The minimum atomic E-state index is -1.22. The summed E-state index contributed by atoms with van der Waals surface area (Å²) in [4.78, 5) is 15.4. The maximum atomic E-state index is 12.2. The SMILES string of the molecule is O=C(O)c1ccc(CS(=O)c2ccccc2Br)nc1. The number of hydrogen-bond acceptors (Lipinski definition) is 3. The molecule has 0 aliphatic heterocycles. The van der Waals surface area contributed by atoms with E-state index in [1.54, 1.807) is 12.1 Å². The van der Waals surface area contributed by atoms with Crippen molar-refractivity contribution in [1.29, 1.82) is 0 Å². The van der Waals surface area contributed by atoms with E-state index in [1.165, 1.54) is 12.3 Å². The van der Waals surface area contributed by atoms with Crippen LogP contribution in [0, 0.1) is 0 Å². The Balaban J connectivity index is 2.15. The molecular weight excluding hydrogens is 330 g/mol. The van der Waals surface area contributed by atoms with Crippen molar-refractivity contribution in [1.82, 2.24) is 4.98 Å². The quantitative estimate of drug-likeness (QED) is 0.929. The Labute approximate surface area is 121 Å². The number of aromatic nitrogens is 1. The number of carbonyl (C=O) groups is 1. The van der Waals surface area contributed by atoms with Gasteiger partial charge in [-0.25, -0.2) is 4.79 Å². The Hall–Kier alpha value is -1.53. The average Bonchev–Trinajstić information content (AvgIpc) is 2.39. The molecule has 0 aliphatic rings. The van der Waals surface area contributed by atoms with Gasteiger partial charge in [0.2, 0.25) is 0 Å². The van der Waals surface area contributed by atoms with Gasteiger partial charge in [0.1, 0.15) is 0 Å². The predicted octanol–water partition coefficient (Wildman–Crippen LogP) is 2.85. The minimum Gasteiger partial charge on any atom is -0.478 e. The monoisotopic (exact) mass is 339 g/mol. The zero-order valence-corrected chi connectivity index (χ0v) is 12.1. The minimum absolute atomic E-state index is 0.121. The van der Waals surface area contributed by atoms with Crippen LogP contribution in [0.4, 0.5) is 0 Å². The number of nitrogens with zero attached hydrogens (tertiary/aromatic N) is 1. The zero-order chi connectivity index (χ0) is 13.8. The summed E-state index contributed by atoms with van der Waals surface area (Å²) in [5.74, 6) is -0.770. The molecule has 1 heterocycles. The van der Waals surface area contributed by atoms with Gasteiger partial charge in [0.05, 0.1) is 32.7 Å². The summed E-state index contributed by atoms with van der Waals surface area (Å²) in [6, 6.07) is 10.3. The molecule has 4 nitrogen and oxygen atoms in total. The lowest BCUT2D eigenvalue weighted by Gasteiger charge is -2.04. The molecule has 1 aromatic heterocycles. The van der Waals surface area contributed by atoms with Gasteiger partial charge in [0, 0.05) is 10.7 Å². The molecule has 1 aromatic carbocycles. The summed E-state index contributed by atoms with van der Waals surface area (Å²) in [6.07, 6.45) is 1.27. The van der Waals surface area contributed by atoms with Crippen LogP contribution in [0.25, 0.3) is 0 Å². The van der Waals surface area contributed by atoms with Crippen molar-refractivity contribution in [3.05, 3.63) is 58.3 Å². The smallest absolute Gasteiger partial charge is 0.337 e. The van der Waals surface area contributed by atoms with Crippen LogP contribution >= 0.6 is 15.9 Å². The third-order valence-corrected chi connectivity index (χ3v) is 4.79. The number of benzene rings is 1. The van der Waals surface area contributed by atoms with Gasteiger partial charge in [-0.05, 0) is 40.2 Å². The second-order valence-electron chi connectivity index (χ2n) is 3.76. The van der Waals surface area contributed by atoms with Gasteiger partial charge in [-0.3, -0.25) is 9.19 Å². The third kappa shape index (κ3) is 3.48. The molecular formula is C13H10BrNO3S. The van der Waals surface area contributed by atoms with Crippen molar-refractivity contribution in [2.75, 3.05) is 0 Å². The van der Waals surface area contributed by atoms with Gasteiger partial charge in [-0.2, -0.15) is 0 Å². The van der Waals surface area contributed by atoms with Gasteiger partial charge in [-0.1, -0.05) is 12.1 Å². The van der Waals surface area contributed by atoms with E-state index in [2.05, 4.69) is 20.9 Å². The molecule has 98 valence electrons. The van der Waals surface area contributed by atoms with Crippen LogP contribution in [0.1, 0.15) is 16.1 Å². The average molecular weight is 340 g/mol. The lowest BCUT2D eigenvalue weighted by Crippen LogP contribution is -2.02. The van der Waals surface area contributed by atoms with E-state index < -0.39 is 16.8 Å². The van der Waals surface area contributed by atoms with Crippen LogP contribution in [0.15, 0.2) is 52.0 Å². The Bertz CT molecular complexity index is 628. The number of carboxylic acid groups (broad SMARTS) is 1. The van der Waals surface area contributed by atoms with Crippen molar-refractivity contribution < 1.29 is 14.1 Å². The fourth-order valence-electron chi connectivity index (χ4n) is 1.48. The molecule has 0 aliphatic carbocycles. The number of pyridine rings is 1. The lowest BCUT2D eigenvalue weighted by molar-refractivity contribution is 0.0696. The highest BCUT2D eigenvalue weighted by molar-refractivity contribution is 9.10. The molecule has 1 unspecified atom stereocenters. The molecule has 0 fully saturated rings. The third-order valence-electron chi connectivity index (χ3n) is 2.43. The van der Waals surface area contributed by atoms with E-state index in [1.807, 2.05) is 18.2 Å². The maximum Gasteiger partial charge on any atom is 0.337 e. The van der Waals surface area contributed by atoms with E-state index in [0.29, 0.717) is 10.6 Å². The van der Waals surface area contributed by atoms with Crippen molar-refractivity contribution in [3.63, 3.8) is 0 Å². The van der Waals surface area contributed by atoms with E-state index in [0.717, 1.165) is 4.47 Å². The molecule has 2 aromatic rings. The van der Waals surface area contributed by atoms with Crippen LogP contribution in [-0.4, -0.2) is 20.3 Å². The largest absolute Gasteiger partial charge is 0.478 e. The lowest BCUT2D eigenvalue weighted by atomic mass is 10.2. The summed E-state index contributed by atoms with van der Waals surface area (Å²) in [5.41, 5.74) is 0.717. The Kier molecular flexibility index (Phi) is 4.44. The van der Waals surface area contributed by atoms with Crippen LogP contribution in [-0.2, 0) is 16.6 Å². The summed E-state index contributed by atoms with van der Waals surface area (Å²) in [6.45, 7) is 0. The molecule has 0 saturated carbocycles. The Morgan fingerprint density at radius 3 is 2.58 bits per heavy atom. The summed E-state index contributed by atoms with van der Waals surface area (Å²) in [7, 11) is -1.22. The summed E-state index contributed by atoms with van der Waals surface area (Å²) in [5, 5.41) is 8.77. The Morgan fingerprint density at radius 2 is 2.00 bits per heavy atom.